The number of nitrogens with zero attached hydrogens (tertiary/aromatic N) is 2. The Morgan fingerprint density at radius 3 is 2.36 bits per heavy atom. The van der Waals surface area contributed by atoms with Crippen molar-refractivity contribution in [2.24, 2.45) is 0 Å². The summed E-state index contributed by atoms with van der Waals surface area (Å²) in [6, 6.07) is 5.54. The van der Waals surface area contributed by atoms with E-state index in [1.54, 1.807) is 14.2 Å². The van der Waals surface area contributed by atoms with E-state index >= 15 is 0 Å². The molecule has 1 aromatic carbocycles. The second-order valence-electron chi connectivity index (χ2n) is 7.12. The largest absolute Gasteiger partial charge is 0.493 e. The number of aliphatic hydroxyl groups is 1. The molecule has 8 nitrogen and oxygen atoms in total. The molecule has 0 radical (unpaired) electrons. The van der Waals surface area contributed by atoms with Crippen molar-refractivity contribution in [1.29, 1.82) is 0 Å². The van der Waals surface area contributed by atoms with Gasteiger partial charge in [0.1, 0.15) is 12.7 Å². The second-order valence-corrected chi connectivity index (χ2v) is 7.12. The molecule has 0 saturated carbocycles. The van der Waals surface area contributed by atoms with Crippen molar-refractivity contribution < 1.29 is 28.8 Å². The number of hydrogen-bond donors (Lipinski definition) is 1. The molecule has 158 valence electrons. The molecule has 0 bridgehead atoms. The van der Waals surface area contributed by atoms with Gasteiger partial charge in [-0.1, -0.05) is 6.07 Å². The van der Waals surface area contributed by atoms with Crippen LogP contribution < -0.4 is 14.2 Å². The molecule has 0 aromatic heterocycles. The van der Waals surface area contributed by atoms with Gasteiger partial charge in [0, 0.05) is 39.3 Å². The number of ether oxygens (including phenoxy) is 5. The zero-order valence-electron chi connectivity index (χ0n) is 16.8. The zero-order valence-corrected chi connectivity index (χ0v) is 16.8. The number of hydrogen-bond acceptors (Lipinski definition) is 8. The predicted molar refractivity (Wildman–Crippen MR) is 104 cm³/mol. The third kappa shape index (κ3) is 5.96. The highest BCUT2D eigenvalue weighted by Crippen LogP contribution is 2.36. The standard InChI is InChI=1S/C20H32N2O6/c1-24-18-4-3-5-19(25-2)20(18)28-15-17-14-22(8-11-27-17)13-16(23)12-21-6-9-26-10-7-21/h3-5,16-17,23H,6-15H2,1-2H3. The molecule has 2 aliphatic heterocycles. The molecule has 2 fully saturated rings. The summed E-state index contributed by atoms with van der Waals surface area (Å²) >= 11 is 0. The Kier molecular flexibility index (Phi) is 8.17. The topological polar surface area (TPSA) is 72.9 Å². The lowest BCUT2D eigenvalue weighted by Crippen LogP contribution is -2.50. The van der Waals surface area contributed by atoms with Crippen LogP contribution in [0.1, 0.15) is 0 Å². The Labute approximate surface area is 166 Å². The highest BCUT2D eigenvalue weighted by atomic mass is 16.6. The average Bonchev–Trinajstić information content (AvgIpc) is 2.72. The van der Waals surface area contributed by atoms with Crippen LogP contribution in [-0.2, 0) is 9.47 Å². The number of morpholine rings is 2. The van der Waals surface area contributed by atoms with E-state index in [4.69, 9.17) is 23.7 Å². The molecule has 2 aliphatic rings. The molecule has 0 aliphatic carbocycles. The van der Waals surface area contributed by atoms with Crippen molar-refractivity contribution in [3.63, 3.8) is 0 Å². The summed E-state index contributed by atoms with van der Waals surface area (Å²) in [5.74, 6) is 1.85. The fourth-order valence-corrected chi connectivity index (χ4v) is 3.62. The van der Waals surface area contributed by atoms with Crippen molar-refractivity contribution in [3.8, 4) is 17.2 Å². The van der Waals surface area contributed by atoms with E-state index in [1.165, 1.54) is 0 Å². The van der Waals surface area contributed by atoms with Crippen LogP contribution in [0.5, 0.6) is 17.2 Å². The molecule has 3 rings (SSSR count). The van der Waals surface area contributed by atoms with Gasteiger partial charge in [-0.25, -0.2) is 0 Å². The molecule has 0 amide bonds. The van der Waals surface area contributed by atoms with Crippen molar-refractivity contribution in [3.05, 3.63) is 18.2 Å². The minimum Gasteiger partial charge on any atom is -0.493 e. The second kappa shape index (κ2) is 10.8. The number of aliphatic hydroxyl groups excluding tert-OH is 1. The van der Waals surface area contributed by atoms with Crippen molar-refractivity contribution in [1.82, 2.24) is 9.80 Å². The number of para-hydroxylation sites is 1. The first-order chi connectivity index (χ1) is 13.7. The zero-order chi connectivity index (χ0) is 19.8. The Morgan fingerprint density at radius 1 is 1.04 bits per heavy atom. The Morgan fingerprint density at radius 2 is 1.68 bits per heavy atom. The lowest BCUT2D eigenvalue weighted by molar-refractivity contribution is -0.0619. The van der Waals surface area contributed by atoms with Crippen LogP contribution in [0.3, 0.4) is 0 Å². The predicted octanol–water partition coefficient (Wildman–Crippen LogP) is 0.477. The van der Waals surface area contributed by atoms with E-state index in [2.05, 4.69) is 9.80 Å². The van der Waals surface area contributed by atoms with E-state index in [0.29, 0.717) is 43.6 Å². The van der Waals surface area contributed by atoms with E-state index in [1.807, 2.05) is 18.2 Å². The van der Waals surface area contributed by atoms with Gasteiger partial charge in [-0.3, -0.25) is 9.80 Å². The number of β-amino-alcohol motifs (C(OH)–C–C–N with tert-alkyl or cyclic N) is 1. The number of rotatable bonds is 9. The van der Waals surface area contributed by atoms with E-state index in [0.717, 1.165) is 39.4 Å². The van der Waals surface area contributed by atoms with Crippen LogP contribution in [0.15, 0.2) is 18.2 Å². The highest BCUT2D eigenvalue weighted by Gasteiger charge is 2.25. The Bertz CT molecular complexity index is 574. The van der Waals surface area contributed by atoms with Crippen LogP contribution >= 0.6 is 0 Å². The third-order valence-electron chi connectivity index (χ3n) is 5.06. The SMILES string of the molecule is COc1cccc(OC)c1OCC1CN(CC(O)CN2CCOCC2)CCO1. The minimum absolute atomic E-state index is 0.0704. The fraction of sp³-hybridized carbons (Fsp3) is 0.700. The van der Waals surface area contributed by atoms with Crippen LogP contribution in [-0.4, -0.2) is 107 Å². The van der Waals surface area contributed by atoms with E-state index in [9.17, 15) is 5.11 Å². The first-order valence-corrected chi connectivity index (χ1v) is 9.85. The molecule has 1 aromatic rings. The smallest absolute Gasteiger partial charge is 0.203 e. The van der Waals surface area contributed by atoms with Crippen molar-refractivity contribution >= 4 is 0 Å². The maximum Gasteiger partial charge on any atom is 0.203 e. The van der Waals surface area contributed by atoms with Gasteiger partial charge < -0.3 is 28.8 Å². The molecular weight excluding hydrogens is 364 g/mol. The van der Waals surface area contributed by atoms with Crippen LogP contribution in [0, 0.1) is 0 Å². The van der Waals surface area contributed by atoms with Gasteiger partial charge in [0.25, 0.3) is 0 Å². The normalized spacial score (nSPS) is 22.6. The maximum atomic E-state index is 10.5. The van der Waals surface area contributed by atoms with E-state index < -0.39 is 0 Å². The Balaban J connectivity index is 1.47. The van der Waals surface area contributed by atoms with Gasteiger partial charge in [-0.15, -0.1) is 0 Å². The van der Waals surface area contributed by atoms with Crippen LogP contribution in [0.2, 0.25) is 0 Å². The summed E-state index contributed by atoms with van der Waals surface area (Å²) in [5, 5.41) is 10.5. The van der Waals surface area contributed by atoms with Gasteiger partial charge in [0.2, 0.25) is 5.75 Å². The lowest BCUT2D eigenvalue weighted by atomic mass is 10.2. The van der Waals surface area contributed by atoms with Gasteiger partial charge >= 0.3 is 0 Å². The summed E-state index contributed by atoms with van der Waals surface area (Å²) < 4.78 is 27.9. The summed E-state index contributed by atoms with van der Waals surface area (Å²) in [5.41, 5.74) is 0. The van der Waals surface area contributed by atoms with Gasteiger partial charge in [0.15, 0.2) is 11.5 Å². The fourth-order valence-electron chi connectivity index (χ4n) is 3.62. The summed E-state index contributed by atoms with van der Waals surface area (Å²) in [7, 11) is 3.21. The molecule has 2 unspecified atom stereocenters. The van der Waals surface area contributed by atoms with Crippen molar-refractivity contribution in [2.45, 2.75) is 12.2 Å². The maximum absolute atomic E-state index is 10.5. The first kappa shape index (κ1) is 21.1. The van der Waals surface area contributed by atoms with Crippen LogP contribution in [0.4, 0.5) is 0 Å². The van der Waals surface area contributed by atoms with Gasteiger partial charge in [-0.05, 0) is 12.1 Å². The average molecular weight is 396 g/mol. The lowest BCUT2D eigenvalue weighted by Gasteiger charge is -2.35. The minimum atomic E-state index is -0.382. The monoisotopic (exact) mass is 396 g/mol. The molecule has 8 heteroatoms. The van der Waals surface area contributed by atoms with Crippen LogP contribution in [0.25, 0.3) is 0 Å². The first-order valence-electron chi connectivity index (χ1n) is 9.85. The number of benzene rings is 1. The highest BCUT2D eigenvalue weighted by molar-refractivity contribution is 5.51. The molecule has 28 heavy (non-hydrogen) atoms. The van der Waals surface area contributed by atoms with Gasteiger partial charge in [0.05, 0.1) is 40.1 Å². The Hall–Kier alpha value is -1.58. The molecule has 0 spiro atoms. The number of methoxy groups -OCH3 is 2. The third-order valence-corrected chi connectivity index (χ3v) is 5.06. The summed E-state index contributed by atoms with van der Waals surface area (Å²) in [4.78, 5) is 4.49. The summed E-state index contributed by atoms with van der Waals surface area (Å²) in [6.07, 6.45) is -0.453. The molecule has 2 heterocycles. The molecule has 2 atom stereocenters. The molecular formula is C20H32N2O6. The summed E-state index contributed by atoms with van der Waals surface area (Å²) in [6.45, 7) is 7.14. The van der Waals surface area contributed by atoms with Crippen molar-refractivity contribution in [2.75, 3.05) is 79.9 Å². The quantitative estimate of drug-likeness (QED) is 0.646. The van der Waals surface area contributed by atoms with E-state index in [-0.39, 0.29) is 12.2 Å². The molecule has 1 N–H and O–H groups in total. The molecule has 2 saturated heterocycles. The van der Waals surface area contributed by atoms with Gasteiger partial charge in [-0.2, -0.15) is 0 Å².